The Kier molecular flexibility index (Phi) is 4.65. The van der Waals surface area contributed by atoms with Gasteiger partial charge >= 0.3 is 5.69 Å². The second-order valence-electron chi connectivity index (χ2n) is 8.00. The van der Waals surface area contributed by atoms with E-state index < -0.39 is 0 Å². The first-order valence-corrected chi connectivity index (χ1v) is 10.0. The normalized spacial score (nSPS) is 15.3. The third-order valence-corrected chi connectivity index (χ3v) is 6.20. The predicted molar refractivity (Wildman–Crippen MR) is 112 cm³/mol. The Morgan fingerprint density at radius 1 is 1.00 bits per heavy atom. The van der Waals surface area contributed by atoms with Crippen molar-refractivity contribution in [1.29, 1.82) is 0 Å². The molecular weight excluding hydrogens is 352 g/mol. The van der Waals surface area contributed by atoms with Crippen LogP contribution in [0.15, 0.2) is 29.1 Å². The molecule has 2 aromatic heterocycles. The van der Waals surface area contributed by atoms with Crippen LogP contribution in [0.25, 0.3) is 11.0 Å². The molecule has 2 heterocycles. The zero-order chi connectivity index (χ0) is 20.0. The fourth-order valence-corrected chi connectivity index (χ4v) is 4.69. The van der Waals surface area contributed by atoms with Crippen molar-refractivity contribution in [2.24, 2.45) is 14.1 Å². The lowest BCUT2D eigenvalue weighted by atomic mass is 9.95. The molecule has 1 saturated carbocycles. The van der Waals surface area contributed by atoms with E-state index in [4.69, 9.17) is 0 Å². The third kappa shape index (κ3) is 2.97. The van der Waals surface area contributed by atoms with Crippen molar-refractivity contribution in [3.05, 3.63) is 51.7 Å². The molecule has 0 bridgehead atoms. The first-order chi connectivity index (χ1) is 13.4. The molecular formula is C22H28N4O2. The molecule has 1 aliphatic carbocycles. The minimum Gasteiger partial charge on any atom is -0.345 e. The van der Waals surface area contributed by atoms with Gasteiger partial charge in [-0.05, 0) is 51.0 Å². The van der Waals surface area contributed by atoms with Crippen molar-refractivity contribution in [3.8, 4) is 0 Å². The van der Waals surface area contributed by atoms with Crippen LogP contribution in [0, 0.1) is 13.8 Å². The highest BCUT2D eigenvalue weighted by molar-refractivity contribution is 6.06. The molecule has 1 aromatic carbocycles. The number of imidazole rings is 1. The van der Waals surface area contributed by atoms with Crippen LogP contribution in [0.5, 0.6) is 0 Å². The van der Waals surface area contributed by atoms with Crippen LogP contribution in [-0.4, -0.2) is 19.6 Å². The number of hydrogen-bond acceptors (Lipinski definition) is 2. The highest BCUT2D eigenvalue weighted by atomic mass is 16.2. The Morgan fingerprint density at radius 2 is 1.68 bits per heavy atom. The molecule has 1 N–H and O–H groups in total. The maximum Gasteiger partial charge on any atom is 0.328 e. The van der Waals surface area contributed by atoms with Gasteiger partial charge in [0.25, 0.3) is 5.91 Å². The number of aryl methyl sites for hydroxylation is 3. The Hall–Kier alpha value is -2.76. The molecule has 0 spiro atoms. The summed E-state index contributed by atoms with van der Waals surface area (Å²) in [5.74, 6) is -0.101. The monoisotopic (exact) mass is 380 g/mol. The van der Waals surface area contributed by atoms with E-state index in [1.807, 2.05) is 31.2 Å². The molecule has 3 aromatic rings. The smallest absolute Gasteiger partial charge is 0.328 e. The summed E-state index contributed by atoms with van der Waals surface area (Å²) in [4.78, 5) is 25.1. The van der Waals surface area contributed by atoms with Crippen molar-refractivity contribution < 1.29 is 4.79 Å². The van der Waals surface area contributed by atoms with Crippen molar-refractivity contribution in [2.45, 2.75) is 52.0 Å². The van der Waals surface area contributed by atoms with Crippen LogP contribution in [0.3, 0.4) is 0 Å². The third-order valence-electron chi connectivity index (χ3n) is 6.20. The average molecular weight is 380 g/mol. The molecule has 4 rings (SSSR count). The lowest BCUT2D eigenvalue weighted by Gasteiger charge is -2.26. The maximum absolute atomic E-state index is 13.0. The van der Waals surface area contributed by atoms with Crippen molar-refractivity contribution in [2.75, 3.05) is 5.32 Å². The van der Waals surface area contributed by atoms with Crippen molar-refractivity contribution >= 4 is 22.6 Å². The van der Waals surface area contributed by atoms with E-state index in [0.29, 0.717) is 11.7 Å². The minimum atomic E-state index is -0.101. The molecule has 0 radical (unpaired) electrons. The first-order valence-electron chi connectivity index (χ1n) is 10.0. The van der Waals surface area contributed by atoms with Gasteiger partial charge in [-0.25, -0.2) is 4.79 Å². The molecule has 1 amide bonds. The number of rotatable bonds is 3. The summed E-state index contributed by atoms with van der Waals surface area (Å²) in [6, 6.07) is 8.08. The molecule has 1 aliphatic rings. The van der Waals surface area contributed by atoms with Gasteiger partial charge in [0, 0.05) is 37.2 Å². The number of carbonyl (C=O) groups excluding carboxylic acids is 1. The number of nitrogens with one attached hydrogen (secondary N) is 1. The van der Waals surface area contributed by atoms with E-state index in [-0.39, 0.29) is 11.6 Å². The summed E-state index contributed by atoms with van der Waals surface area (Å²) in [7, 11) is 3.50. The van der Waals surface area contributed by atoms with Gasteiger partial charge in [-0.2, -0.15) is 0 Å². The lowest BCUT2D eigenvalue weighted by molar-refractivity contribution is 0.102. The summed E-state index contributed by atoms with van der Waals surface area (Å²) in [6.07, 6.45) is 6.22. The van der Waals surface area contributed by atoms with E-state index in [1.165, 1.54) is 32.1 Å². The van der Waals surface area contributed by atoms with Gasteiger partial charge in [-0.15, -0.1) is 0 Å². The van der Waals surface area contributed by atoms with E-state index in [0.717, 1.165) is 28.0 Å². The van der Waals surface area contributed by atoms with E-state index in [2.05, 4.69) is 16.8 Å². The molecule has 148 valence electrons. The SMILES string of the molecule is Cc1cc(C(=O)Nc2ccc3c(c2)n(C)c(=O)n3C)c(C)n1C1CCCCC1. The molecule has 0 saturated heterocycles. The van der Waals surface area contributed by atoms with Gasteiger partial charge in [0.1, 0.15) is 0 Å². The van der Waals surface area contributed by atoms with Gasteiger partial charge in [0.05, 0.1) is 16.6 Å². The van der Waals surface area contributed by atoms with E-state index >= 15 is 0 Å². The number of benzene rings is 1. The zero-order valence-electron chi connectivity index (χ0n) is 17.1. The van der Waals surface area contributed by atoms with Gasteiger partial charge in [0.2, 0.25) is 0 Å². The first kappa shape index (κ1) is 18.6. The molecule has 0 aliphatic heterocycles. The van der Waals surface area contributed by atoms with Crippen LogP contribution in [0.4, 0.5) is 5.69 Å². The molecule has 0 atom stereocenters. The second kappa shape index (κ2) is 7.00. The van der Waals surface area contributed by atoms with Gasteiger partial charge in [-0.1, -0.05) is 19.3 Å². The van der Waals surface area contributed by atoms with Gasteiger partial charge < -0.3 is 9.88 Å². The summed E-state index contributed by atoms with van der Waals surface area (Å²) >= 11 is 0. The Morgan fingerprint density at radius 3 is 2.39 bits per heavy atom. The summed E-state index contributed by atoms with van der Waals surface area (Å²) in [5.41, 5.74) is 5.19. The molecule has 6 heteroatoms. The number of fused-ring (bicyclic) bond motifs is 1. The highest BCUT2D eigenvalue weighted by Gasteiger charge is 2.22. The van der Waals surface area contributed by atoms with Gasteiger partial charge in [0.15, 0.2) is 0 Å². The molecule has 0 unspecified atom stereocenters. The van der Waals surface area contributed by atoms with Crippen LogP contribution in [0.2, 0.25) is 0 Å². The van der Waals surface area contributed by atoms with Gasteiger partial charge in [-0.3, -0.25) is 13.9 Å². The fraction of sp³-hybridized carbons (Fsp3) is 0.455. The number of amides is 1. The van der Waals surface area contributed by atoms with Crippen LogP contribution >= 0.6 is 0 Å². The van der Waals surface area contributed by atoms with Crippen molar-refractivity contribution in [3.63, 3.8) is 0 Å². The Labute approximate surface area is 164 Å². The number of hydrogen-bond donors (Lipinski definition) is 1. The molecule has 1 fully saturated rings. The lowest BCUT2D eigenvalue weighted by Crippen LogP contribution is -2.19. The molecule has 28 heavy (non-hydrogen) atoms. The summed E-state index contributed by atoms with van der Waals surface area (Å²) in [5, 5.41) is 3.01. The number of aromatic nitrogens is 3. The minimum absolute atomic E-state index is 0.0745. The zero-order valence-corrected chi connectivity index (χ0v) is 17.1. The van der Waals surface area contributed by atoms with Crippen LogP contribution < -0.4 is 11.0 Å². The number of anilines is 1. The summed E-state index contributed by atoms with van der Waals surface area (Å²) < 4.78 is 5.55. The largest absolute Gasteiger partial charge is 0.345 e. The average Bonchev–Trinajstić information content (AvgIpc) is 3.11. The fourth-order valence-electron chi connectivity index (χ4n) is 4.69. The number of carbonyl (C=O) groups is 1. The van der Waals surface area contributed by atoms with E-state index in [1.54, 1.807) is 23.2 Å². The second-order valence-corrected chi connectivity index (χ2v) is 8.00. The quantitative estimate of drug-likeness (QED) is 0.745. The number of nitrogens with zero attached hydrogens (tertiary/aromatic N) is 3. The highest BCUT2D eigenvalue weighted by Crippen LogP contribution is 2.32. The molecule has 6 nitrogen and oxygen atoms in total. The Bertz CT molecular complexity index is 1110. The summed E-state index contributed by atoms with van der Waals surface area (Å²) in [6.45, 7) is 4.13. The Balaban J connectivity index is 1.63. The standard InChI is InChI=1S/C22H28N4O2/c1-14-12-18(15(2)26(14)17-8-6-5-7-9-17)21(27)23-16-10-11-19-20(13-16)25(4)22(28)24(19)3/h10-13,17H,5-9H2,1-4H3,(H,23,27). The maximum atomic E-state index is 13.0. The van der Waals surface area contributed by atoms with Crippen molar-refractivity contribution in [1.82, 2.24) is 13.7 Å². The van der Waals surface area contributed by atoms with Crippen LogP contribution in [0.1, 0.15) is 59.9 Å². The predicted octanol–water partition coefficient (Wildman–Crippen LogP) is 4.05. The van der Waals surface area contributed by atoms with E-state index in [9.17, 15) is 9.59 Å². The topological polar surface area (TPSA) is 61.0 Å². The van der Waals surface area contributed by atoms with Crippen LogP contribution in [-0.2, 0) is 14.1 Å².